The number of methoxy groups -OCH3 is 1. The highest BCUT2D eigenvalue weighted by Gasteiger charge is 2.32. The Hall–Kier alpha value is -4.91. The molecule has 7 heteroatoms. The molecule has 210 valence electrons. The molecule has 1 atom stereocenters. The molecule has 0 saturated heterocycles. The van der Waals surface area contributed by atoms with Crippen molar-refractivity contribution in [3.05, 3.63) is 138 Å². The summed E-state index contributed by atoms with van der Waals surface area (Å²) in [5.74, 6) is 0.133. The molecule has 0 N–H and O–H groups in total. The fourth-order valence-corrected chi connectivity index (χ4v) is 4.39. The van der Waals surface area contributed by atoms with Gasteiger partial charge in [-0.2, -0.15) is 0 Å². The number of nitrogens with zero attached hydrogens (tertiary/aromatic N) is 2. The Morgan fingerprint density at radius 2 is 1.22 bits per heavy atom. The third kappa shape index (κ3) is 8.29. The van der Waals surface area contributed by atoms with Crippen LogP contribution >= 0.6 is 0 Å². The van der Waals surface area contributed by atoms with Gasteiger partial charge in [-0.3, -0.25) is 14.5 Å². The largest absolute Gasteiger partial charge is 0.497 e. The molecular weight excluding hydrogens is 516 g/mol. The van der Waals surface area contributed by atoms with Gasteiger partial charge in [0.05, 0.1) is 13.7 Å². The maximum Gasteiger partial charge on any atom is 0.411 e. The van der Waals surface area contributed by atoms with Crippen LogP contribution in [-0.4, -0.2) is 47.3 Å². The molecular formula is C34H34N2O5. The molecule has 0 aliphatic rings. The van der Waals surface area contributed by atoms with Crippen molar-refractivity contribution < 1.29 is 23.9 Å². The molecule has 4 rings (SSSR count). The summed E-state index contributed by atoms with van der Waals surface area (Å²) in [7, 11) is 1.59. The molecule has 0 aliphatic heterocycles. The Balaban J connectivity index is 1.58. The molecule has 0 aromatic heterocycles. The summed E-state index contributed by atoms with van der Waals surface area (Å²) in [6.07, 6.45) is -0.614. The van der Waals surface area contributed by atoms with Gasteiger partial charge in [-0.15, -0.1) is 0 Å². The molecule has 4 aromatic rings. The van der Waals surface area contributed by atoms with Crippen molar-refractivity contribution in [1.29, 1.82) is 0 Å². The smallest absolute Gasteiger partial charge is 0.411 e. The lowest BCUT2D eigenvalue weighted by atomic mass is 10.1. The van der Waals surface area contributed by atoms with E-state index in [1.54, 1.807) is 38.3 Å². The lowest BCUT2D eigenvalue weighted by Gasteiger charge is -2.32. The van der Waals surface area contributed by atoms with Gasteiger partial charge >= 0.3 is 6.09 Å². The summed E-state index contributed by atoms with van der Waals surface area (Å²) >= 11 is 0. The number of ketones is 1. The Bertz CT molecular complexity index is 1410. The minimum atomic E-state index is -0.902. The van der Waals surface area contributed by atoms with Crippen LogP contribution in [0.1, 0.15) is 34.0 Å². The number of hydrogen-bond donors (Lipinski definition) is 0. The van der Waals surface area contributed by atoms with Gasteiger partial charge in [0.15, 0.2) is 5.78 Å². The Kier molecular flexibility index (Phi) is 10.3. The first-order valence-electron chi connectivity index (χ1n) is 13.5. The molecule has 0 radical (unpaired) electrons. The van der Waals surface area contributed by atoms with Crippen LogP contribution in [0.25, 0.3) is 0 Å². The van der Waals surface area contributed by atoms with Crippen LogP contribution in [0.5, 0.6) is 5.75 Å². The average molecular weight is 551 g/mol. The zero-order valence-electron chi connectivity index (χ0n) is 23.3. The molecule has 7 nitrogen and oxygen atoms in total. The Morgan fingerprint density at radius 3 is 1.80 bits per heavy atom. The molecule has 0 saturated carbocycles. The zero-order chi connectivity index (χ0) is 29.0. The van der Waals surface area contributed by atoms with Crippen LogP contribution in [0, 0.1) is 0 Å². The molecule has 0 spiro atoms. The van der Waals surface area contributed by atoms with E-state index in [9.17, 15) is 14.4 Å². The van der Waals surface area contributed by atoms with Gasteiger partial charge in [0.2, 0.25) is 5.91 Å². The summed E-state index contributed by atoms with van der Waals surface area (Å²) in [4.78, 5) is 43.6. The quantitative estimate of drug-likeness (QED) is 0.198. The molecule has 4 aromatic carbocycles. The van der Waals surface area contributed by atoms with Crippen molar-refractivity contribution in [2.45, 2.75) is 32.7 Å². The van der Waals surface area contributed by atoms with Gasteiger partial charge in [-0.25, -0.2) is 4.79 Å². The predicted octanol–water partition coefficient (Wildman–Crippen LogP) is 6.13. The Labute approximate surface area is 240 Å². The minimum Gasteiger partial charge on any atom is -0.497 e. The van der Waals surface area contributed by atoms with Crippen molar-refractivity contribution in [2.24, 2.45) is 0 Å². The van der Waals surface area contributed by atoms with Crippen LogP contribution < -0.4 is 4.74 Å². The highest BCUT2D eigenvalue weighted by molar-refractivity contribution is 6.00. The average Bonchev–Trinajstić information content (AvgIpc) is 3.03. The fourth-order valence-electron chi connectivity index (χ4n) is 4.39. The third-order valence-corrected chi connectivity index (χ3v) is 6.73. The lowest BCUT2D eigenvalue weighted by Crippen LogP contribution is -2.50. The van der Waals surface area contributed by atoms with E-state index >= 15 is 0 Å². The van der Waals surface area contributed by atoms with E-state index < -0.39 is 12.1 Å². The van der Waals surface area contributed by atoms with Gasteiger partial charge < -0.3 is 14.4 Å². The SMILES string of the molecule is COc1ccc(CN(CC(=O)c2ccccc2)C(=O)[C@H](C)N(Cc2ccccc2)C(=O)OCc2ccccc2)cc1. The monoisotopic (exact) mass is 550 g/mol. The van der Waals surface area contributed by atoms with Crippen LogP contribution in [0.15, 0.2) is 115 Å². The summed E-state index contributed by atoms with van der Waals surface area (Å²) in [5.41, 5.74) is 3.03. The van der Waals surface area contributed by atoms with Crippen molar-refractivity contribution in [3.63, 3.8) is 0 Å². The highest BCUT2D eigenvalue weighted by Crippen LogP contribution is 2.18. The standard InChI is InChI=1S/C34H34N2O5/c1-26(36(23-27-12-6-3-7-13-27)34(39)41-25-29-14-8-4-9-15-29)33(38)35(22-28-18-20-31(40-2)21-19-28)24-32(37)30-16-10-5-11-17-30/h3-21,26H,22-25H2,1-2H3/t26-/m0/s1. The van der Waals surface area contributed by atoms with Crippen LogP contribution in [0.3, 0.4) is 0 Å². The highest BCUT2D eigenvalue weighted by atomic mass is 16.6. The van der Waals surface area contributed by atoms with E-state index in [4.69, 9.17) is 9.47 Å². The second-order valence-electron chi connectivity index (χ2n) is 9.66. The molecule has 0 unspecified atom stereocenters. The van der Waals surface area contributed by atoms with E-state index in [1.165, 1.54) is 9.80 Å². The maximum atomic E-state index is 14.0. The maximum absolute atomic E-state index is 14.0. The normalized spacial score (nSPS) is 11.3. The number of carbonyl (C=O) groups excluding carboxylic acids is 3. The van der Waals surface area contributed by atoms with Gasteiger partial charge in [-0.05, 0) is 35.7 Å². The number of amides is 2. The summed E-state index contributed by atoms with van der Waals surface area (Å²) in [5, 5.41) is 0. The van der Waals surface area contributed by atoms with E-state index in [0.29, 0.717) is 11.3 Å². The van der Waals surface area contributed by atoms with Crippen molar-refractivity contribution in [3.8, 4) is 5.75 Å². The van der Waals surface area contributed by atoms with Gasteiger partial charge in [0.25, 0.3) is 0 Å². The minimum absolute atomic E-state index is 0.0773. The van der Waals surface area contributed by atoms with E-state index in [-0.39, 0.29) is 37.9 Å². The number of ether oxygens (including phenoxy) is 2. The first kappa shape index (κ1) is 29.1. The molecule has 0 aliphatic carbocycles. The van der Waals surface area contributed by atoms with E-state index in [0.717, 1.165) is 16.7 Å². The summed E-state index contributed by atoms with van der Waals surface area (Å²) in [6.45, 7) is 1.96. The number of hydrogen-bond acceptors (Lipinski definition) is 5. The van der Waals surface area contributed by atoms with Gasteiger partial charge in [-0.1, -0.05) is 103 Å². The number of Topliss-reactive ketones (excluding diaryl/α,β-unsaturated/α-hetero) is 1. The topological polar surface area (TPSA) is 76.2 Å². The molecule has 2 amide bonds. The van der Waals surface area contributed by atoms with Crippen molar-refractivity contribution in [2.75, 3.05) is 13.7 Å². The predicted molar refractivity (Wildman–Crippen MR) is 157 cm³/mol. The van der Waals surface area contributed by atoms with Crippen molar-refractivity contribution >= 4 is 17.8 Å². The first-order valence-corrected chi connectivity index (χ1v) is 13.5. The zero-order valence-corrected chi connectivity index (χ0v) is 23.3. The summed E-state index contributed by atoms with van der Waals surface area (Å²) < 4.78 is 10.9. The molecule has 0 fully saturated rings. The lowest BCUT2D eigenvalue weighted by molar-refractivity contribution is -0.136. The Morgan fingerprint density at radius 1 is 0.683 bits per heavy atom. The van der Waals surface area contributed by atoms with Gasteiger partial charge in [0.1, 0.15) is 18.4 Å². The van der Waals surface area contributed by atoms with Crippen molar-refractivity contribution in [1.82, 2.24) is 9.80 Å². The number of rotatable bonds is 12. The van der Waals surface area contributed by atoms with E-state index in [1.807, 2.05) is 91.0 Å². The van der Waals surface area contributed by atoms with E-state index in [2.05, 4.69) is 0 Å². The molecule has 0 heterocycles. The van der Waals surface area contributed by atoms with Crippen LogP contribution in [0.2, 0.25) is 0 Å². The second-order valence-corrected chi connectivity index (χ2v) is 9.66. The first-order chi connectivity index (χ1) is 19.9. The van der Waals surface area contributed by atoms with Crippen LogP contribution in [0.4, 0.5) is 4.79 Å². The van der Waals surface area contributed by atoms with Crippen LogP contribution in [-0.2, 0) is 29.2 Å². The van der Waals surface area contributed by atoms with Gasteiger partial charge in [0, 0.05) is 18.7 Å². The molecule has 41 heavy (non-hydrogen) atoms. The third-order valence-electron chi connectivity index (χ3n) is 6.73. The number of benzene rings is 4. The summed E-state index contributed by atoms with van der Waals surface area (Å²) in [6, 6.07) is 34.1. The fraction of sp³-hybridized carbons (Fsp3) is 0.206. The second kappa shape index (κ2) is 14.5. The number of carbonyl (C=O) groups is 3. The molecule has 0 bridgehead atoms.